The minimum atomic E-state index is -0.855. The molecule has 0 spiro atoms. The molecule has 1 aliphatic heterocycles. The first-order valence-corrected chi connectivity index (χ1v) is 7.95. The summed E-state index contributed by atoms with van der Waals surface area (Å²) in [7, 11) is 0. The number of ether oxygens (including phenoxy) is 1. The van der Waals surface area contributed by atoms with Gasteiger partial charge in [-0.25, -0.2) is 0 Å². The van der Waals surface area contributed by atoms with Gasteiger partial charge in [-0.15, -0.1) is 0 Å². The first-order valence-electron chi connectivity index (χ1n) is 6.34. The topological polar surface area (TPSA) is 92.7 Å². The van der Waals surface area contributed by atoms with Crippen LogP contribution in [0.2, 0.25) is 0 Å². The van der Waals surface area contributed by atoms with Gasteiger partial charge in [0.05, 0.1) is 16.0 Å². The number of carbonyl (C=O) groups is 3. The van der Waals surface area contributed by atoms with E-state index in [0.29, 0.717) is 28.2 Å². The van der Waals surface area contributed by atoms with E-state index in [2.05, 4.69) is 21.2 Å². The second-order valence-electron chi connectivity index (χ2n) is 4.39. The lowest BCUT2D eigenvalue weighted by Crippen LogP contribution is -2.17. The van der Waals surface area contributed by atoms with Crippen molar-refractivity contribution in [3.63, 3.8) is 0 Å². The smallest absolute Gasteiger partial charge is 0.303 e. The molecule has 1 heterocycles. The predicted octanol–water partition coefficient (Wildman–Crippen LogP) is 3.02. The molecular formula is C14H12BrNO5S. The molecule has 1 aliphatic rings. The fraction of sp³-hybridized carbons (Fsp3) is 0.214. The van der Waals surface area contributed by atoms with Gasteiger partial charge in [-0.05, 0) is 57.9 Å². The molecule has 1 saturated heterocycles. The van der Waals surface area contributed by atoms with Crippen molar-refractivity contribution in [2.24, 2.45) is 0 Å². The molecule has 0 unspecified atom stereocenters. The highest BCUT2D eigenvalue weighted by molar-refractivity contribution is 9.10. The van der Waals surface area contributed by atoms with Gasteiger partial charge >= 0.3 is 5.97 Å². The molecule has 2 rings (SSSR count). The van der Waals surface area contributed by atoms with Crippen LogP contribution in [0, 0.1) is 0 Å². The molecule has 2 N–H and O–H groups in total. The van der Waals surface area contributed by atoms with Crippen molar-refractivity contribution in [1.29, 1.82) is 0 Å². The van der Waals surface area contributed by atoms with E-state index in [9.17, 15) is 14.4 Å². The van der Waals surface area contributed by atoms with Gasteiger partial charge in [-0.3, -0.25) is 19.7 Å². The van der Waals surface area contributed by atoms with Crippen molar-refractivity contribution < 1.29 is 24.2 Å². The maximum absolute atomic E-state index is 11.5. The van der Waals surface area contributed by atoms with E-state index >= 15 is 0 Å². The van der Waals surface area contributed by atoms with Gasteiger partial charge in [-0.2, -0.15) is 0 Å². The summed E-state index contributed by atoms with van der Waals surface area (Å²) in [6.07, 6.45) is 2.10. The molecule has 0 atom stereocenters. The number of nitrogens with one attached hydrogen (secondary N) is 1. The van der Waals surface area contributed by atoms with Crippen molar-refractivity contribution in [1.82, 2.24) is 5.32 Å². The van der Waals surface area contributed by atoms with E-state index in [-0.39, 0.29) is 11.7 Å². The maximum atomic E-state index is 11.5. The maximum Gasteiger partial charge on any atom is 0.303 e. The van der Waals surface area contributed by atoms with Crippen LogP contribution in [-0.2, 0) is 9.59 Å². The second-order valence-corrected chi connectivity index (χ2v) is 6.26. The molecular weight excluding hydrogens is 374 g/mol. The molecule has 2 amide bonds. The van der Waals surface area contributed by atoms with Gasteiger partial charge in [0.25, 0.3) is 11.1 Å². The number of hydrogen-bond acceptors (Lipinski definition) is 5. The van der Waals surface area contributed by atoms with Crippen LogP contribution < -0.4 is 10.1 Å². The standard InChI is InChI=1S/C14H12BrNO5S/c15-9-6-8(7-11-13(19)16-14(20)22-11)3-4-10(9)21-5-1-2-12(17)18/h3-4,6-7H,1-2,5H2,(H,17,18)(H,16,19,20)/b11-7+. The highest BCUT2D eigenvalue weighted by Crippen LogP contribution is 2.30. The van der Waals surface area contributed by atoms with Crippen molar-refractivity contribution in [2.75, 3.05) is 6.61 Å². The molecule has 0 aliphatic carbocycles. The Hall–Kier alpha value is -1.80. The number of imide groups is 1. The molecule has 1 aromatic carbocycles. The zero-order chi connectivity index (χ0) is 16.1. The number of benzene rings is 1. The van der Waals surface area contributed by atoms with E-state index in [4.69, 9.17) is 9.84 Å². The lowest BCUT2D eigenvalue weighted by molar-refractivity contribution is -0.137. The number of aliphatic carboxylic acids is 1. The minimum Gasteiger partial charge on any atom is -0.492 e. The highest BCUT2D eigenvalue weighted by atomic mass is 79.9. The van der Waals surface area contributed by atoms with E-state index in [0.717, 1.165) is 17.3 Å². The summed E-state index contributed by atoms with van der Waals surface area (Å²) in [5.41, 5.74) is 0.747. The van der Waals surface area contributed by atoms with Gasteiger partial charge in [0.2, 0.25) is 0 Å². The lowest BCUT2D eigenvalue weighted by Gasteiger charge is -2.08. The quantitative estimate of drug-likeness (QED) is 0.577. The van der Waals surface area contributed by atoms with Gasteiger partial charge in [-0.1, -0.05) is 6.07 Å². The molecule has 0 bridgehead atoms. The Kier molecular flexibility index (Phi) is 5.62. The SMILES string of the molecule is O=C(O)CCCOc1ccc(/C=C2/SC(=O)NC2=O)cc1Br. The van der Waals surface area contributed by atoms with E-state index < -0.39 is 11.9 Å². The van der Waals surface area contributed by atoms with E-state index in [1.807, 2.05) is 0 Å². The summed E-state index contributed by atoms with van der Waals surface area (Å²) in [6.45, 7) is 0.304. The van der Waals surface area contributed by atoms with Crippen LogP contribution in [0.15, 0.2) is 27.6 Å². The van der Waals surface area contributed by atoms with Crippen LogP contribution >= 0.6 is 27.7 Å². The number of carboxylic acids is 1. The molecule has 22 heavy (non-hydrogen) atoms. The number of halogens is 1. The Morgan fingerprint density at radius 2 is 2.18 bits per heavy atom. The fourth-order valence-electron chi connectivity index (χ4n) is 1.70. The summed E-state index contributed by atoms with van der Waals surface area (Å²) in [6, 6.07) is 5.23. The fourth-order valence-corrected chi connectivity index (χ4v) is 2.90. The molecule has 116 valence electrons. The molecule has 1 aromatic rings. The van der Waals surface area contributed by atoms with Crippen LogP contribution in [0.4, 0.5) is 4.79 Å². The number of rotatable bonds is 6. The van der Waals surface area contributed by atoms with Crippen LogP contribution in [0.3, 0.4) is 0 Å². The zero-order valence-corrected chi connectivity index (χ0v) is 13.7. The van der Waals surface area contributed by atoms with Gasteiger partial charge in [0, 0.05) is 6.42 Å². The predicted molar refractivity (Wildman–Crippen MR) is 85.6 cm³/mol. The first kappa shape index (κ1) is 16.6. The van der Waals surface area contributed by atoms with Gasteiger partial charge in [0.1, 0.15) is 5.75 Å². The molecule has 8 heteroatoms. The van der Waals surface area contributed by atoms with Crippen molar-refractivity contribution in [3.05, 3.63) is 33.1 Å². The van der Waals surface area contributed by atoms with E-state index in [1.165, 1.54) is 0 Å². The second kappa shape index (κ2) is 7.46. The van der Waals surface area contributed by atoms with Crippen LogP contribution in [0.1, 0.15) is 18.4 Å². The van der Waals surface area contributed by atoms with Crippen LogP contribution in [0.25, 0.3) is 6.08 Å². The Morgan fingerprint density at radius 1 is 1.41 bits per heavy atom. The van der Waals surface area contributed by atoms with Crippen LogP contribution in [-0.4, -0.2) is 28.8 Å². The van der Waals surface area contributed by atoms with E-state index in [1.54, 1.807) is 24.3 Å². The molecule has 1 fully saturated rings. The summed E-state index contributed by atoms with van der Waals surface area (Å²) in [5.74, 6) is -0.668. The average Bonchev–Trinajstić information content (AvgIpc) is 2.74. The highest BCUT2D eigenvalue weighted by Gasteiger charge is 2.24. The third-order valence-corrected chi connectivity index (χ3v) is 4.12. The number of carboxylic acid groups (broad SMARTS) is 1. The Labute approximate surface area is 139 Å². The molecule has 0 saturated carbocycles. The van der Waals surface area contributed by atoms with Crippen LogP contribution in [0.5, 0.6) is 5.75 Å². The zero-order valence-electron chi connectivity index (χ0n) is 11.3. The van der Waals surface area contributed by atoms with Crippen molar-refractivity contribution in [3.8, 4) is 5.75 Å². The Morgan fingerprint density at radius 3 is 2.77 bits per heavy atom. The normalized spacial score (nSPS) is 16.0. The third-order valence-electron chi connectivity index (χ3n) is 2.69. The Bertz CT molecular complexity index is 659. The summed E-state index contributed by atoms with van der Waals surface area (Å²) in [5, 5.41) is 10.4. The summed E-state index contributed by atoms with van der Waals surface area (Å²) in [4.78, 5) is 33.3. The van der Waals surface area contributed by atoms with Crippen molar-refractivity contribution >= 4 is 50.9 Å². The molecule has 0 aromatic heterocycles. The lowest BCUT2D eigenvalue weighted by atomic mass is 10.2. The first-order chi connectivity index (χ1) is 10.5. The van der Waals surface area contributed by atoms with Gasteiger partial charge in [0.15, 0.2) is 0 Å². The monoisotopic (exact) mass is 385 g/mol. The summed E-state index contributed by atoms with van der Waals surface area (Å²) < 4.78 is 6.17. The number of carbonyl (C=O) groups excluding carboxylic acids is 2. The minimum absolute atomic E-state index is 0.0577. The summed E-state index contributed by atoms with van der Waals surface area (Å²) >= 11 is 4.22. The van der Waals surface area contributed by atoms with Crippen molar-refractivity contribution in [2.45, 2.75) is 12.8 Å². The Balaban J connectivity index is 2.00. The molecule has 6 nitrogen and oxygen atoms in total. The number of thioether (sulfide) groups is 1. The third kappa shape index (κ3) is 4.60. The number of amides is 2. The largest absolute Gasteiger partial charge is 0.492 e. The van der Waals surface area contributed by atoms with Gasteiger partial charge < -0.3 is 9.84 Å². The molecule has 0 radical (unpaired) electrons. The number of hydrogen-bond donors (Lipinski definition) is 2. The average molecular weight is 386 g/mol.